The smallest absolute Gasteiger partial charge is 0.189 e. The van der Waals surface area contributed by atoms with E-state index < -0.39 is 0 Å². The molecule has 0 bridgehead atoms. The lowest BCUT2D eigenvalue weighted by molar-refractivity contribution is 0.971. The number of nitrogens with zero attached hydrogens (tertiary/aromatic N) is 2. The van der Waals surface area contributed by atoms with Crippen molar-refractivity contribution >= 4 is 22.7 Å². The molecule has 0 saturated carbocycles. The van der Waals surface area contributed by atoms with Crippen molar-refractivity contribution in [3.05, 3.63) is 51.6 Å². The average Bonchev–Trinajstić information content (AvgIpc) is 2.94. The first-order valence-electron chi connectivity index (χ1n) is 6.25. The van der Waals surface area contributed by atoms with Crippen LogP contribution >= 0.6 is 11.8 Å². The third kappa shape index (κ3) is 2.34. The first-order chi connectivity index (χ1) is 9.65. The number of pyridine rings is 1. The molecule has 0 aliphatic heterocycles. The van der Waals surface area contributed by atoms with Gasteiger partial charge in [0.2, 0.25) is 0 Å². The molecule has 0 aliphatic rings. The second-order valence-corrected chi connectivity index (χ2v) is 5.63. The summed E-state index contributed by atoms with van der Waals surface area (Å²) in [5.41, 5.74) is 4.15. The van der Waals surface area contributed by atoms with Gasteiger partial charge in [-0.25, -0.2) is 4.98 Å². The fourth-order valence-corrected chi connectivity index (χ4v) is 2.79. The number of benzene rings is 1. The number of nitrogens with one attached hydrogen (secondary N) is 2. The van der Waals surface area contributed by atoms with Gasteiger partial charge in [-0.1, -0.05) is 17.8 Å². The fraction of sp³-hybridized carbons (Fsp3) is 0.214. The summed E-state index contributed by atoms with van der Waals surface area (Å²) in [7, 11) is 0. The van der Waals surface area contributed by atoms with Crippen molar-refractivity contribution in [2.75, 3.05) is 0 Å². The fourth-order valence-electron chi connectivity index (χ4n) is 2.10. The van der Waals surface area contributed by atoms with E-state index in [1.54, 1.807) is 6.07 Å². The highest BCUT2D eigenvalue weighted by atomic mass is 32.2. The van der Waals surface area contributed by atoms with Crippen molar-refractivity contribution in [1.82, 2.24) is 20.2 Å². The van der Waals surface area contributed by atoms with Gasteiger partial charge in [-0.2, -0.15) is 5.10 Å². The van der Waals surface area contributed by atoms with Gasteiger partial charge in [0.05, 0.1) is 5.52 Å². The highest BCUT2D eigenvalue weighted by Crippen LogP contribution is 2.20. The molecule has 20 heavy (non-hydrogen) atoms. The standard InChI is InChI=1S/C14H14N4OS/c1-8-3-4-11-12(19)5-10(17-13(11)9(8)2)6-20-14-15-7-16-18-14/h3-5,7H,6H2,1-2H3,(H,17,19)(H,15,16,18). The maximum Gasteiger partial charge on any atom is 0.189 e. The predicted octanol–water partition coefficient (Wildman–Crippen LogP) is 2.56. The Bertz CT molecular complexity index is 808. The van der Waals surface area contributed by atoms with Crippen molar-refractivity contribution in [3.8, 4) is 0 Å². The average molecular weight is 286 g/mol. The number of fused-ring (bicyclic) bond motifs is 1. The third-order valence-corrected chi connectivity index (χ3v) is 4.27. The largest absolute Gasteiger partial charge is 0.357 e. The van der Waals surface area contributed by atoms with Crippen LogP contribution in [-0.2, 0) is 5.75 Å². The Morgan fingerprint density at radius 2 is 2.15 bits per heavy atom. The highest BCUT2D eigenvalue weighted by molar-refractivity contribution is 7.98. The molecule has 5 nitrogen and oxygen atoms in total. The first kappa shape index (κ1) is 12.9. The van der Waals surface area contributed by atoms with Crippen LogP contribution in [0.5, 0.6) is 0 Å². The molecule has 0 radical (unpaired) electrons. The van der Waals surface area contributed by atoms with Crippen LogP contribution in [0.2, 0.25) is 0 Å². The van der Waals surface area contributed by atoms with Gasteiger partial charge in [-0.3, -0.25) is 9.89 Å². The molecule has 0 aliphatic carbocycles. The third-order valence-electron chi connectivity index (χ3n) is 3.35. The summed E-state index contributed by atoms with van der Waals surface area (Å²) in [6.07, 6.45) is 1.47. The number of aryl methyl sites for hydroxylation is 2. The first-order valence-corrected chi connectivity index (χ1v) is 7.24. The number of aromatic nitrogens is 4. The second kappa shape index (κ2) is 5.13. The topological polar surface area (TPSA) is 74.4 Å². The Balaban J connectivity index is 2.00. The number of rotatable bonds is 3. The van der Waals surface area contributed by atoms with Crippen molar-refractivity contribution in [1.29, 1.82) is 0 Å². The van der Waals surface area contributed by atoms with E-state index in [0.29, 0.717) is 5.75 Å². The van der Waals surface area contributed by atoms with E-state index in [4.69, 9.17) is 0 Å². The molecular formula is C14H14N4OS. The molecule has 0 fully saturated rings. The molecule has 6 heteroatoms. The number of thioether (sulfide) groups is 1. The molecule has 2 N–H and O–H groups in total. The van der Waals surface area contributed by atoms with E-state index in [1.807, 2.05) is 26.0 Å². The van der Waals surface area contributed by atoms with Gasteiger partial charge in [0, 0.05) is 22.9 Å². The predicted molar refractivity (Wildman–Crippen MR) is 80.0 cm³/mol. The monoisotopic (exact) mass is 286 g/mol. The van der Waals surface area contributed by atoms with Crippen LogP contribution in [0.3, 0.4) is 0 Å². The molecule has 0 spiro atoms. The van der Waals surface area contributed by atoms with E-state index in [9.17, 15) is 4.79 Å². The molecule has 0 unspecified atom stereocenters. The van der Waals surface area contributed by atoms with Crippen LogP contribution in [-0.4, -0.2) is 20.2 Å². The van der Waals surface area contributed by atoms with Crippen molar-refractivity contribution < 1.29 is 0 Å². The minimum Gasteiger partial charge on any atom is -0.357 e. The number of hydrogen-bond donors (Lipinski definition) is 2. The van der Waals surface area contributed by atoms with Crippen LogP contribution < -0.4 is 5.43 Å². The Morgan fingerprint density at radius 1 is 1.30 bits per heavy atom. The van der Waals surface area contributed by atoms with E-state index in [-0.39, 0.29) is 5.43 Å². The van der Waals surface area contributed by atoms with Crippen LogP contribution in [0.25, 0.3) is 10.9 Å². The summed E-state index contributed by atoms with van der Waals surface area (Å²) >= 11 is 1.51. The van der Waals surface area contributed by atoms with E-state index >= 15 is 0 Å². The Kier molecular flexibility index (Phi) is 3.31. The Labute approximate surface area is 119 Å². The summed E-state index contributed by atoms with van der Waals surface area (Å²) < 4.78 is 0. The summed E-state index contributed by atoms with van der Waals surface area (Å²) in [5.74, 6) is 0.647. The van der Waals surface area contributed by atoms with Gasteiger partial charge in [0.25, 0.3) is 0 Å². The molecule has 2 aromatic heterocycles. The summed E-state index contributed by atoms with van der Waals surface area (Å²) in [6, 6.07) is 5.51. The van der Waals surface area contributed by atoms with Gasteiger partial charge in [-0.15, -0.1) is 0 Å². The summed E-state index contributed by atoms with van der Waals surface area (Å²) in [5, 5.41) is 8.07. The normalized spacial score (nSPS) is 11.1. The minimum atomic E-state index is 0.0509. The maximum absolute atomic E-state index is 12.2. The van der Waals surface area contributed by atoms with E-state index in [1.165, 1.54) is 23.7 Å². The zero-order chi connectivity index (χ0) is 14.1. The van der Waals surface area contributed by atoms with Gasteiger partial charge in [0.15, 0.2) is 10.6 Å². The molecule has 2 heterocycles. The Hall–Kier alpha value is -2.08. The number of aromatic amines is 2. The lowest BCUT2D eigenvalue weighted by Gasteiger charge is -2.08. The van der Waals surface area contributed by atoms with Crippen LogP contribution in [0.4, 0.5) is 0 Å². The maximum atomic E-state index is 12.2. The van der Waals surface area contributed by atoms with Crippen molar-refractivity contribution in [2.45, 2.75) is 24.8 Å². The Morgan fingerprint density at radius 3 is 2.90 bits per heavy atom. The van der Waals surface area contributed by atoms with Crippen LogP contribution in [0, 0.1) is 13.8 Å². The van der Waals surface area contributed by atoms with E-state index in [0.717, 1.165) is 27.3 Å². The molecule has 0 amide bonds. The molecule has 3 rings (SSSR count). The van der Waals surface area contributed by atoms with Crippen molar-refractivity contribution in [2.24, 2.45) is 0 Å². The van der Waals surface area contributed by atoms with E-state index in [2.05, 4.69) is 20.2 Å². The van der Waals surface area contributed by atoms with Gasteiger partial charge < -0.3 is 4.98 Å². The lowest BCUT2D eigenvalue weighted by Crippen LogP contribution is -2.06. The lowest BCUT2D eigenvalue weighted by atomic mass is 10.0. The van der Waals surface area contributed by atoms with Gasteiger partial charge in [-0.05, 0) is 31.0 Å². The van der Waals surface area contributed by atoms with Crippen molar-refractivity contribution in [3.63, 3.8) is 0 Å². The molecular weight excluding hydrogens is 272 g/mol. The molecule has 1 aromatic carbocycles. The number of hydrogen-bond acceptors (Lipinski definition) is 4. The minimum absolute atomic E-state index is 0.0509. The molecule has 3 aromatic rings. The zero-order valence-corrected chi connectivity index (χ0v) is 12.0. The van der Waals surface area contributed by atoms with Crippen LogP contribution in [0.15, 0.2) is 34.5 Å². The summed E-state index contributed by atoms with van der Waals surface area (Å²) in [6.45, 7) is 4.07. The SMILES string of the molecule is Cc1ccc2c(=O)cc(CSc3ncn[nH]3)[nH]c2c1C. The molecule has 0 atom stereocenters. The van der Waals surface area contributed by atoms with Gasteiger partial charge in [0.1, 0.15) is 6.33 Å². The highest BCUT2D eigenvalue weighted by Gasteiger charge is 2.07. The zero-order valence-electron chi connectivity index (χ0n) is 11.2. The molecule has 102 valence electrons. The molecule has 0 saturated heterocycles. The van der Waals surface area contributed by atoms with Crippen LogP contribution in [0.1, 0.15) is 16.8 Å². The number of H-pyrrole nitrogens is 2. The van der Waals surface area contributed by atoms with Gasteiger partial charge >= 0.3 is 0 Å². The second-order valence-electron chi connectivity index (χ2n) is 4.67. The quantitative estimate of drug-likeness (QED) is 0.726. The summed E-state index contributed by atoms with van der Waals surface area (Å²) in [4.78, 5) is 19.6.